The topological polar surface area (TPSA) is 29.5 Å². The highest BCUT2D eigenvalue weighted by Crippen LogP contribution is 2.26. The average molecular weight is 187 g/mol. The lowest BCUT2D eigenvalue weighted by atomic mass is 10.1. The molecule has 0 spiro atoms. The van der Waals surface area contributed by atoms with Crippen molar-refractivity contribution in [1.29, 1.82) is 0 Å². The van der Waals surface area contributed by atoms with Gasteiger partial charge in [-0.3, -0.25) is 0 Å². The van der Waals surface area contributed by atoms with Gasteiger partial charge in [0.25, 0.3) is 0 Å². The molecular formula is C9H11ClO2. The van der Waals surface area contributed by atoms with Gasteiger partial charge in [-0.15, -0.1) is 0 Å². The van der Waals surface area contributed by atoms with Crippen molar-refractivity contribution in [2.75, 3.05) is 7.11 Å². The molecule has 0 aliphatic heterocycles. The molecule has 0 saturated carbocycles. The van der Waals surface area contributed by atoms with Crippen LogP contribution >= 0.6 is 11.6 Å². The van der Waals surface area contributed by atoms with Crippen LogP contribution in [0.4, 0.5) is 0 Å². The molecular weight excluding hydrogens is 176 g/mol. The molecule has 0 aliphatic rings. The van der Waals surface area contributed by atoms with Gasteiger partial charge in [-0.2, -0.15) is 0 Å². The summed E-state index contributed by atoms with van der Waals surface area (Å²) in [5, 5.41) is 9.42. The van der Waals surface area contributed by atoms with Gasteiger partial charge < -0.3 is 9.84 Å². The average Bonchev–Trinajstić information content (AvgIpc) is 2.08. The first-order valence-electron chi connectivity index (χ1n) is 3.63. The van der Waals surface area contributed by atoms with Crippen molar-refractivity contribution in [2.24, 2.45) is 0 Å². The number of aliphatic hydroxyl groups excluding tert-OH is 1. The van der Waals surface area contributed by atoms with Gasteiger partial charge in [0.1, 0.15) is 5.75 Å². The highest BCUT2D eigenvalue weighted by Gasteiger charge is 2.04. The summed E-state index contributed by atoms with van der Waals surface area (Å²) in [6, 6.07) is 3.53. The van der Waals surface area contributed by atoms with Crippen LogP contribution in [0.2, 0.25) is 5.02 Å². The Kier molecular flexibility index (Phi) is 2.95. The van der Waals surface area contributed by atoms with E-state index in [4.69, 9.17) is 21.4 Å². The molecule has 0 aromatic heterocycles. The lowest BCUT2D eigenvalue weighted by Gasteiger charge is -2.07. The molecule has 0 radical (unpaired) electrons. The molecule has 66 valence electrons. The number of hydrogen-bond donors (Lipinski definition) is 1. The smallest absolute Gasteiger partial charge is 0.123 e. The lowest BCUT2D eigenvalue weighted by molar-refractivity contribution is 0.281. The van der Waals surface area contributed by atoms with Crippen molar-refractivity contribution < 1.29 is 9.84 Å². The highest BCUT2D eigenvalue weighted by atomic mass is 35.5. The summed E-state index contributed by atoms with van der Waals surface area (Å²) in [7, 11) is 1.59. The molecule has 0 saturated heterocycles. The Labute approximate surface area is 76.7 Å². The van der Waals surface area contributed by atoms with Crippen LogP contribution in [0.5, 0.6) is 5.75 Å². The van der Waals surface area contributed by atoms with Crippen LogP contribution in [-0.4, -0.2) is 12.2 Å². The SMILES string of the molecule is COc1cc(Cl)c(CO)cc1C. The predicted molar refractivity (Wildman–Crippen MR) is 48.7 cm³/mol. The normalized spacial score (nSPS) is 10.0. The number of methoxy groups -OCH3 is 1. The van der Waals surface area contributed by atoms with E-state index >= 15 is 0 Å². The maximum absolute atomic E-state index is 8.88. The number of halogens is 1. The van der Waals surface area contributed by atoms with E-state index < -0.39 is 0 Å². The summed E-state index contributed by atoms with van der Waals surface area (Å²) in [5.41, 5.74) is 1.71. The number of aliphatic hydroxyl groups is 1. The van der Waals surface area contributed by atoms with E-state index in [0.29, 0.717) is 5.02 Å². The second-order valence-electron chi connectivity index (χ2n) is 2.57. The third kappa shape index (κ3) is 1.71. The number of ether oxygens (including phenoxy) is 1. The minimum Gasteiger partial charge on any atom is -0.496 e. The molecule has 1 aromatic carbocycles. The Bertz CT molecular complexity index is 254. The fourth-order valence-electron chi connectivity index (χ4n) is 1.06. The van der Waals surface area contributed by atoms with Gasteiger partial charge in [-0.1, -0.05) is 11.6 Å². The summed E-state index contributed by atoms with van der Waals surface area (Å²) in [5.74, 6) is 0.747. The maximum atomic E-state index is 8.88. The van der Waals surface area contributed by atoms with Crippen molar-refractivity contribution in [2.45, 2.75) is 13.5 Å². The zero-order chi connectivity index (χ0) is 9.14. The van der Waals surface area contributed by atoms with E-state index in [9.17, 15) is 0 Å². The largest absolute Gasteiger partial charge is 0.496 e. The Morgan fingerprint density at radius 3 is 2.67 bits per heavy atom. The Morgan fingerprint density at radius 1 is 1.50 bits per heavy atom. The Balaban J connectivity index is 3.16. The first-order valence-corrected chi connectivity index (χ1v) is 4.00. The lowest BCUT2D eigenvalue weighted by Crippen LogP contribution is -1.91. The number of rotatable bonds is 2. The summed E-state index contributed by atoms with van der Waals surface area (Å²) < 4.78 is 5.06. The van der Waals surface area contributed by atoms with Crippen molar-refractivity contribution in [1.82, 2.24) is 0 Å². The summed E-state index contributed by atoms with van der Waals surface area (Å²) in [6.07, 6.45) is 0. The Hall–Kier alpha value is -0.730. The predicted octanol–water partition coefficient (Wildman–Crippen LogP) is 2.15. The van der Waals surface area contributed by atoms with Gasteiger partial charge in [-0.25, -0.2) is 0 Å². The molecule has 0 fully saturated rings. The third-order valence-corrected chi connectivity index (χ3v) is 2.09. The monoisotopic (exact) mass is 186 g/mol. The summed E-state index contributed by atoms with van der Waals surface area (Å²) in [4.78, 5) is 0. The standard InChI is InChI=1S/C9H11ClO2/c1-6-3-7(5-11)8(10)4-9(6)12-2/h3-4,11H,5H2,1-2H3. The minimum atomic E-state index is -0.0380. The fraction of sp³-hybridized carbons (Fsp3) is 0.333. The molecule has 2 nitrogen and oxygen atoms in total. The fourth-order valence-corrected chi connectivity index (χ4v) is 1.28. The van der Waals surface area contributed by atoms with E-state index in [1.165, 1.54) is 0 Å². The van der Waals surface area contributed by atoms with Crippen LogP contribution in [0.1, 0.15) is 11.1 Å². The van der Waals surface area contributed by atoms with Crippen molar-refractivity contribution >= 4 is 11.6 Å². The van der Waals surface area contributed by atoms with Crippen LogP contribution < -0.4 is 4.74 Å². The molecule has 1 rings (SSSR count). The zero-order valence-electron chi connectivity index (χ0n) is 7.10. The summed E-state index contributed by atoms with van der Waals surface area (Å²) in [6.45, 7) is 1.87. The van der Waals surface area contributed by atoms with E-state index in [-0.39, 0.29) is 6.61 Å². The number of benzene rings is 1. The molecule has 0 bridgehead atoms. The second kappa shape index (κ2) is 3.78. The van der Waals surface area contributed by atoms with E-state index in [1.54, 1.807) is 13.2 Å². The van der Waals surface area contributed by atoms with Gasteiger partial charge in [-0.05, 0) is 30.2 Å². The quantitative estimate of drug-likeness (QED) is 0.767. The van der Waals surface area contributed by atoms with Crippen molar-refractivity contribution in [3.05, 3.63) is 28.3 Å². The van der Waals surface area contributed by atoms with Crippen molar-refractivity contribution in [3.8, 4) is 5.75 Å². The molecule has 0 unspecified atom stereocenters. The van der Waals surface area contributed by atoms with Crippen LogP contribution in [0.3, 0.4) is 0 Å². The molecule has 1 N–H and O–H groups in total. The third-order valence-electron chi connectivity index (χ3n) is 1.73. The summed E-state index contributed by atoms with van der Waals surface area (Å²) >= 11 is 5.84. The maximum Gasteiger partial charge on any atom is 0.123 e. The van der Waals surface area contributed by atoms with Gasteiger partial charge in [0, 0.05) is 5.02 Å². The molecule has 0 aliphatic carbocycles. The number of hydrogen-bond acceptors (Lipinski definition) is 2. The second-order valence-corrected chi connectivity index (χ2v) is 2.98. The first-order chi connectivity index (χ1) is 5.69. The van der Waals surface area contributed by atoms with Gasteiger partial charge in [0.2, 0.25) is 0 Å². The molecule has 12 heavy (non-hydrogen) atoms. The van der Waals surface area contributed by atoms with E-state index in [1.807, 2.05) is 13.0 Å². The van der Waals surface area contributed by atoms with Crippen LogP contribution in [0.25, 0.3) is 0 Å². The first kappa shape index (κ1) is 9.36. The molecule has 0 amide bonds. The van der Waals surface area contributed by atoms with E-state index in [2.05, 4.69) is 0 Å². The van der Waals surface area contributed by atoms with Gasteiger partial charge in [0.05, 0.1) is 13.7 Å². The van der Waals surface area contributed by atoms with Gasteiger partial charge in [0.15, 0.2) is 0 Å². The molecule has 3 heteroatoms. The zero-order valence-corrected chi connectivity index (χ0v) is 7.85. The Morgan fingerprint density at radius 2 is 2.17 bits per heavy atom. The molecule has 0 heterocycles. The van der Waals surface area contributed by atoms with E-state index in [0.717, 1.165) is 16.9 Å². The molecule has 0 atom stereocenters. The van der Waals surface area contributed by atoms with Crippen LogP contribution in [0, 0.1) is 6.92 Å². The van der Waals surface area contributed by atoms with Gasteiger partial charge >= 0.3 is 0 Å². The highest BCUT2D eigenvalue weighted by molar-refractivity contribution is 6.31. The van der Waals surface area contributed by atoms with Crippen molar-refractivity contribution in [3.63, 3.8) is 0 Å². The molecule has 1 aromatic rings. The van der Waals surface area contributed by atoms with Crippen LogP contribution in [0.15, 0.2) is 12.1 Å². The number of aryl methyl sites for hydroxylation is 1. The van der Waals surface area contributed by atoms with Crippen LogP contribution in [-0.2, 0) is 6.61 Å². The minimum absolute atomic E-state index is 0.0380.